The Bertz CT molecular complexity index is 646. The van der Waals surface area contributed by atoms with E-state index in [9.17, 15) is 4.79 Å². The van der Waals surface area contributed by atoms with Gasteiger partial charge in [0.05, 0.1) is 7.11 Å². The lowest BCUT2D eigenvalue weighted by Gasteiger charge is -2.33. The van der Waals surface area contributed by atoms with E-state index in [-0.39, 0.29) is 6.10 Å². The van der Waals surface area contributed by atoms with Crippen LogP contribution in [-0.2, 0) is 19.0 Å². The summed E-state index contributed by atoms with van der Waals surface area (Å²) in [6.45, 7) is 3.86. The van der Waals surface area contributed by atoms with Gasteiger partial charge in [0, 0.05) is 5.57 Å². The van der Waals surface area contributed by atoms with Crippen LogP contribution in [0.2, 0.25) is 0 Å². The highest BCUT2D eigenvalue weighted by Gasteiger charge is 2.34. The van der Waals surface area contributed by atoms with Crippen molar-refractivity contribution in [3.8, 4) is 0 Å². The number of rotatable bonds is 1. The molecule has 0 bridgehead atoms. The third-order valence-corrected chi connectivity index (χ3v) is 4.17. The van der Waals surface area contributed by atoms with Gasteiger partial charge < -0.3 is 14.2 Å². The van der Waals surface area contributed by atoms with Crippen LogP contribution in [-0.4, -0.2) is 25.5 Å². The fraction of sp³-hybridized carbons (Fsp3) is 0.389. The zero-order valence-corrected chi connectivity index (χ0v) is 13.1. The zero-order chi connectivity index (χ0) is 15.7. The molecule has 3 aliphatic rings. The van der Waals surface area contributed by atoms with Crippen LogP contribution in [0.5, 0.6) is 0 Å². The summed E-state index contributed by atoms with van der Waals surface area (Å²) in [6, 6.07) is 0. The predicted octanol–water partition coefficient (Wildman–Crippen LogP) is 3.34. The van der Waals surface area contributed by atoms with Crippen molar-refractivity contribution in [1.82, 2.24) is 0 Å². The number of carbonyl (C=O) groups is 1. The van der Waals surface area contributed by atoms with Crippen molar-refractivity contribution in [1.29, 1.82) is 0 Å². The highest BCUT2D eigenvalue weighted by molar-refractivity contribution is 5.73. The Balaban J connectivity index is 2.13. The number of carbonyl (C=O) groups excluding carboxylic acids is 1. The molecule has 2 aliphatic carbocycles. The molecule has 0 aromatic carbocycles. The van der Waals surface area contributed by atoms with Crippen LogP contribution in [0.15, 0.2) is 58.4 Å². The molecule has 0 saturated heterocycles. The maximum Gasteiger partial charge on any atom is 0.376 e. The molecule has 0 aromatic heterocycles. The van der Waals surface area contributed by atoms with Crippen molar-refractivity contribution >= 4 is 5.97 Å². The molecule has 3 rings (SSSR count). The molecule has 116 valence electrons. The molecule has 0 saturated carbocycles. The quantitative estimate of drug-likeness (QED) is 0.697. The Morgan fingerprint density at radius 2 is 2.14 bits per heavy atom. The van der Waals surface area contributed by atoms with E-state index < -0.39 is 12.3 Å². The van der Waals surface area contributed by atoms with Crippen molar-refractivity contribution in [3.63, 3.8) is 0 Å². The topological polar surface area (TPSA) is 44.8 Å². The van der Waals surface area contributed by atoms with Crippen LogP contribution in [0.25, 0.3) is 0 Å². The summed E-state index contributed by atoms with van der Waals surface area (Å²) < 4.78 is 16.5. The second-order valence-electron chi connectivity index (χ2n) is 5.60. The minimum Gasteiger partial charge on any atom is -0.464 e. The maximum absolute atomic E-state index is 12.0. The Kier molecular flexibility index (Phi) is 4.03. The highest BCUT2D eigenvalue weighted by atomic mass is 16.7. The van der Waals surface area contributed by atoms with Crippen molar-refractivity contribution in [3.05, 3.63) is 58.4 Å². The van der Waals surface area contributed by atoms with Crippen molar-refractivity contribution < 1.29 is 19.0 Å². The molecule has 0 radical (unpaired) electrons. The molecule has 4 nitrogen and oxygen atoms in total. The second kappa shape index (κ2) is 5.97. The minimum absolute atomic E-state index is 0.279. The number of methoxy groups -OCH3 is 1. The summed E-state index contributed by atoms with van der Waals surface area (Å²) in [5.74, 6) is 0.165. The molecule has 0 spiro atoms. The van der Waals surface area contributed by atoms with E-state index in [1.165, 1.54) is 12.7 Å². The predicted molar refractivity (Wildman–Crippen MR) is 82.8 cm³/mol. The molecule has 2 atom stereocenters. The maximum atomic E-state index is 12.0. The third-order valence-electron chi connectivity index (χ3n) is 4.17. The summed E-state index contributed by atoms with van der Waals surface area (Å²) in [5.41, 5.74) is 4.44. The van der Waals surface area contributed by atoms with E-state index >= 15 is 0 Å². The molecule has 2 unspecified atom stereocenters. The molecule has 0 aromatic rings. The van der Waals surface area contributed by atoms with Crippen LogP contribution in [0, 0.1) is 0 Å². The number of hydrogen-bond acceptors (Lipinski definition) is 4. The van der Waals surface area contributed by atoms with Gasteiger partial charge in [-0.15, -0.1) is 0 Å². The largest absolute Gasteiger partial charge is 0.464 e. The van der Waals surface area contributed by atoms with Gasteiger partial charge in [0.25, 0.3) is 6.29 Å². The lowest BCUT2D eigenvalue weighted by molar-refractivity contribution is -0.188. The molecular weight excluding hydrogens is 280 g/mol. The first kappa shape index (κ1) is 14.9. The highest BCUT2D eigenvalue weighted by Crippen LogP contribution is 2.37. The van der Waals surface area contributed by atoms with Crippen LogP contribution >= 0.6 is 0 Å². The number of fused-ring (bicyclic) bond motifs is 2. The van der Waals surface area contributed by atoms with Crippen molar-refractivity contribution in [2.24, 2.45) is 0 Å². The summed E-state index contributed by atoms with van der Waals surface area (Å²) in [5, 5.41) is 0. The number of ether oxygens (including phenoxy) is 3. The molecule has 22 heavy (non-hydrogen) atoms. The van der Waals surface area contributed by atoms with Gasteiger partial charge in [0.2, 0.25) is 0 Å². The zero-order valence-electron chi connectivity index (χ0n) is 13.1. The standard InChI is InChI=1S/C18H20O4/c1-11-7-6-10-15-14-9-5-4-8-13(14)12(2)21-18(17(19)20-3)22-16(11)15/h4,6-8,10,16,18H,5,9H2,1-3H3/b13-12?,15-14-. The Labute approximate surface area is 130 Å². The number of allylic oxidation sites excluding steroid dienone is 7. The average molecular weight is 300 g/mol. The molecule has 0 fully saturated rings. The first-order valence-corrected chi connectivity index (χ1v) is 7.47. The number of esters is 1. The van der Waals surface area contributed by atoms with Crippen molar-refractivity contribution in [2.75, 3.05) is 7.11 Å². The van der Waals surface area contributed by atoms with Crippen molar-refractivity contribution in [2.45, 2.75) is 39.1 Å². The monoisotopic (exact) mass is 300 g/mol. The van der Waals surface area contributed by atoms with Gasteiger partial charge in [-0.05, 0) is 43.4 Å². The van der Waals surface area contributed by atoms with Crippen LogP contribution in [0.4, 0.5) is 0 Å². The fourth-order valence-electron chi connectivity index (χ4n) is 3.03. The summed E-state index contributed by atoms with van der Waals surface area (Å²) in [4.78, 5) is 12.0. The smallest absolute Gasteiger partial charge is 0.376 e. The Morgan fingerprint density at radius 3 is 2.91 bits per heavy atom. The summed E-state index contributed by atoms with van der Waals surface area (Å²) >= 11 is 0. The minimum atomic E-state index is -1.05. The van der Waals surface area contributed by atoms with E-state index in [4.69, 9.17) is 14.2 Å². The van der Waals surface area contributed by atoms with Crippen LogP contribution in [0.1, 0.15) is 26.7 Å². The Hall–Kier alpha value is -2.07. The summed E-state index contributed by atoms with van der Waals surface area (Å²) in [7, 11) is 1.34. The van der Waals surface area contributed by atoms with E-state index in [1.807, 2.05) is 26.0 Å². The first-order chi connectivity index (χ1) is 10.6. The van der Waals surface area contributed by atoms with Crippen LogP contribution in [0.3, 0.4) is 0 Å². The lowest BCUT2D eigenvalue weighted by Crippen LogP contribution is -2.36. The van der Waals surface area contributed by atoms with E-state index in [0.29, 0.717) is 5.76 Å². The second-order valence-corrected chi connectivity index (χ2v) is 5.60. The Morgan fingerprint density at radius 1 is 1.32 bits per heavy atom. The van der Waals surface area contributed by atoms with Crippen LogP contribution < -0.4 is 0 Å². The SMILES string of the molecule is COC(=O)C1OC(C)=C2C=CCC/C2=C2\C=CC=C(C)C2O1. The fourth-order valence-corrected chi connectivity index (χ4v) is 3.03. The van der Waals surface area contributed by atoms with E-state index in [1.54, 1.807) is 0 Å². The first-order valence-electron chi connectivity index (χ1n) is 7.47. The average Bonchev–Trinajstić information content (AvgIpc) is 2.53. The van der Waals surface area contributed by atoms with Gasteiger partial charge in [-0.25, -0.2) is 4.79 Å². The van der Waals surface area contributed by atoms with E-state index in [2.05, 4.69) is 18.2 Å². The van der Waals surface area contributed by atoms with E-state index in [0.717, 1.165) is 29.6 Å². The van der Waals surface area contributed by atoms with Gasteiger partial charge >= 0.3 is 5.97 Å². The molecule has 0 N–H and O–H groups in total. The molecule has 1 aliphatic heterocycles. The normalized spacial score (nSPS) is 30.6. The molecular formula is C18H20O4. The van der Waals surface area contributed by atoms with Gasteiger partial charge in [-0.2, -0.15) is 0 Å². The molecule has 1 heterocycles. The van der Waals surface area contributed by atoms with Gasteiger partial charge in [-0.1, -0.05) is 30.4 Å². The lowest BCUT2D eigenvalue weighted by atomic mass is 9.84. The molecule has 4 heteroatoms. The van der Waals surface area contributed by atoms with Gasteiger partial charge in [0.1, 0.15) is 11.9 Å². The third kappa shape index (κ3) is 2.55. The molecule has 0 amide bonds. The van der Waals surface area contributed by atoms with Gasteiger partial charge in [-0.3, -0.25) is 0 Å². The van der Waals surface area contributed by atoms with Gasteiger partial charge in [0.15, 0.2) is 0 Å². The number of hydrogen-bond donors (Lipinski definition) is 0. The summed E-state index contributed by atoms with van der Waals surface area (Å²) in [6.07, 6.45) is 10.9.